The summed E-state index contributed by atoms with van der Waals surface area (Å²) in [7, 11) is 0. The van der Waals surface area contributed by atoms with Crippen LogP contribution in [0.4, 0.5) is 13.2 Å². The van der Waals surface area contributed by atoms with E-state index in [2.05, 4.69) is 105 Å². The standard InChI is InChI=1S/C56H41F3N4/c1-34-24-35(2)27-44(26-34)41-19-22-50-48(31-41)49-32-42(45-28-36(3)25-37(4)29-45)20-23-51(49)63(50)52-33-43(40-16-11-17-46(30-40)56(57,58)59)18-21-47(52)55-61-53(38-12-7-5-8-13-38)60-54(62-55)39-14-9-6-10-15-39/h5-33H,1-4H3. The maximum absolute atomic E-state index is 14.1. The first-order valence-corrected chi connectivity index (χ1v) is 20.9. The van der Waals surface area contributed by atoms with Crippen LogP contribution in [0.15, 0.2) is 176 Å². The molecule has 306 valence electrons. The number of hydrogen-bond acceptors (Lipinski definition) is 3. The highest BCUT2D eigenvalue weighted by atomic mass is 19.4. The third-order valence-corrected chi connectivity index (χ3v) is 11.6. The fourth-order valence-electron chi connectivity index (χ4n) is 8.81. The van der Waals surface area contributed by atoms with Crippen LogP contribution in [0.25, 0.3) is 95.0 Å². The Morgan fingerprint density at radius 2 is 0.794 bits per heavy atom. The molecule has 0 aliphatic carbocycles. The van der Waals surface area contributed by atoms with Crippen LogP contribution in [0.3, 0.4) is 0 Å². The van der Waals surface area contributed by atoms with E-state index < -0.39 is 11.7 Å². The van der Waals surface area contributed by atoms with Gasteiger partial charge in [0, 0.05) is 27.5 Å². The highest BCUT2D eigenvalue weighted by Crippen LogP contribution is 2.42. The molecular weight excluding hydrogens is 786 g/mol. The first-order chi connectivity index (χ1) is 30.4. The summed E-state index contributed by atoms with van der Waals surface area (Å²) >= 11 is 0. The predicted octanol–water partition coefficient (Wildman–Crippen LogP) is 15.2. The van der Waals surface area contributed by atoms with Gasteiger partial charge >= 0.3 is 6.18 Å². The predicted molar refractivity (Wildman–Crippen MR) is 251 cm³/mol. The summed E-state index contributed by atoms with van der Waals surface area (Å²) in [6.07, 6.45) is -4.50. The van der Waals surface area contributed by atoms with Crippen LogP contribution in [0.2, 0.25) is 0 Å². The maximum Gasteiger partial charge on any atom is 0.416 e. The lowest BCUT2D eigenvalue weighted by Gasteiger charge is -2.17. The van der Waals surface area contributed by atoms with E-state index in [9.17, 15) is 13.2 Å². The Labute approximate surface area is 364 Å². The number of alkyl halides is 3. The minimum atomic E-state index is -4.50. The van der Waals surface area contributed by atoms with E-state index in [-0.39, 0.29) is 0 Å². The molecule has 0 saturated heterocycles. The molecule has 10 aromatic rings. The van der Waals surface area contributed by atoms with E-state index in [1.165, 1.54) is 34.4 Å². The fourth-order valence-corrected chi connectivity index (χ4v) is 8.81. The first kappa shape index (κ1) is 39.5. The van der Waals surface area contributed by atoms with Crippen molar-refractivity contribution in [2.75, 3.05) is 0 Å². The van der Waals surface area contributed by atoms with Gasteiger partial charge < -0.3 is 4.57 Å². The number of fused-ring (bicyclic) bond motifs is 3. The van der Waals surface area contributed by atoms with Crippen LogP contribution in [0.5, 0.6) is 0 Å². The molecule has 0 amide bonds. The summed E-state index contributed by atoms with van der Waals surface area (Å²) < 4.78 is 44.7. The van der Waals surface area contributed by atoms with Gasteiger partial charge in [0.2, 0.25) is 0 Å². The summed E-state index contributed by atoms with van der Waals surface area (Å²) in [6.45, 7) is 8.46. The molecule has 7 heteroatoms. The van der Waals surface area contributed by atoms with Gasteiger partial charge in [-0.15, -0.1) is 0 Å². The van der Waals surface area contributed by atoms with Crippen LogP contribution in [0, 0.1) is 27.7 Å². The topological polar surface area (TPSA) is 43.6 Å². The van der Waals surface area contributed by atoms with Crippen LogP contribution in [-0.2, 0) is 6.18 Å². The minimum absolute atomic E-state index is 0.432. The summed E-state index contributed by atoms with van der Waals surface area (Å²) in [5.41, 5.74) is 14.4. The molecular formula is C56H41F3N4. The molecule has 2 heterocycles. The van der Waals surface area contributed by atoms with Crippen LogP contribution < -0.4 is 0 Å². The quantitative estimate of drug-likeness (QED) is 0.161. The van der Waals surface area contributed by atoms with Gasteiger partial charge in [0.1, 0.15) is 0 Å². The van der Waals surface area contributed by atoms with E-state index in [0.29, 0.717) is 39.9 Å². The molecule has 0 fully saturated rings. The van der Waals surface area contributed by atoms with Gasteiger partial charge in [0.25, 0.3) is 0 Å². The Bertz CT molecular complexity index is 3160. The highest BCUT2D eigenvalue weighted by Gasteiger charge is 2.31. The van der Waals surface area contributed by atoms with Crippen molar-refractivity contribution in [3.63, 3.8) is 0 Å². The zero-order chi connectivity index (χ0) is 43.4. The molecule has 0 aliphatic rings. The number of benzene rings is 8. The Morgan fingerprint density at radius 3 is 1.29 bits per heavy atom. The molecule has 2 aromatic heterocycles. The van der Waals surface area contributed by atoms with Crippen LogP contribution >= 0.6 is 0 Å². The number of halogens is 3. The Morgan fingerprint density at radius 1 is 0.365 bits per heavy atom. The molecule has 0 atom stereocenters. The van der Waals surface area contributed by atoms with Gasteiger partial charge in [-0.2, -0.15) is 13.2 Å². The maximum atomic E-state index is 14.1. The average molecular weight is 827 g/mol. The monoisotopic (exact) mass is 826 g/mol. The molecule has 4 nitrogen and oxygen atoms in total. The van der Waals surface area contributed by atoms with Gasteiger partial charge in [-0.1, -0.05) is 150 Å². The first-order valence-electron chi connectivity index (χ1n) is 20.9. The third-order valence-electron chi connectivity index (χ3n) is 11.6. The lowest BCUT2D eigenvalue weighted by atomic mass is 9.97. The lowest BCUT2D eigenvalue weighted by Crippen LogP contribution is -2.05. The molecule has 0 bridgehead atoms. The van der Waals surface area contributed by atoms with E-state index in [0.717, 1.165) is 61.3 Å². The van der Waals surface area contributed by atoms with Crippen molar-refractivity contribution < 1.29 is 13.2 Å². The van der Waals surface area contributed by atoms with E-state index in [4.69, 9.17) is 15.0 Å². The van der Waals surface area contributed by atoms with E-state index in [1.807, 2.05) is 78.9 Å². The van der Waals surface area contributed by atoms with Crippen molar-refractivity contribution in [1.29, 1.82) is 0 Å². The van der Waals surface area contributed by atoms with Crippen molar-refractivity contribution in [2.45, 2.75) is 33.9 Å². The minimum Gasteiger partial charge on any atom is -0.308 e. The molecule has 63 heavy (non-hydrogen) atoms. The average Bonchev–Trinajstić information content (AvgIpc) is 3.61. The number of nitrogens with zero attached hydrogens (tertiary/aromatic N) is 4. The van der Waals surface area contributed by atoms with Gasteiger partial charge in [0.05, 0.1) is 22.3 Å². The van der Waals surface area contributed by atoms with Crippen LogP contribution in [0.1, 0.15) is 27.8 Å². The van der Waals surface area contributed by atoms with Crippen molar-refractivity contribution in [2.24, 2.45) is 0 Å². The van der Waals surface area contributed by atoms with E-state index >= 15 is 0 Å². The molecule has 0 saturated carbocycles. The smallest absolute Gasteiger partial charge is 0.308 e. The Kier molecular flexibility index (Phi) is 9.83. The largest absolute Gasteiger partial charge is 0.416 e. The summed E-state index contributed by atoms with van der Waals surface area (Å²) in [6, 6.07) is 57.1. The molecule has 0 N–H and O–H groups in total. The second-order valence-electron chi connectivity index (χ2n) is 16.4. The summed E-state index contributed by atoms with van der Waals surface area (Å²) in [5, 5.41) is 2.07. The zero-order valence-corrected chi connectivity index (χ0v) is 35.2. The Hall–Kier alpha value is -7.64. The molecule has 8 aromatic carbocycles. The summed E-state index contributed by atoms with van der Waals surface area (Å²) in [5.74, 6) is 1.44. The van der Waals surface area contributed by atoms with Gasteiger partial charge in [-0.3, -0.25) is 0 Å². The van der Waals surface area contributed by atoms with Gasteiger partial charge in [-0.25, -0.2) is 15.0 Å². The van der Waals surface area contributed by atoms with Gasteiger partial charge in [0.15, 0.2) is 17.5 Å². The van der Waals surface area contributed by atoms with Crippen molar-refractivity contribution in [3.8, 4) is 73.2 Å². The molecule has 0 aliphatic heterocycles. The lowest BCUT2D eigenvalue weighted by molar-refractivity contribution is -0.137. The summed E-state index contributed by atoms with van der Waals surface area (Å²) in [4.78, 5) is 15.2. The fraction of sp³-hybridized carbons (Fsp3) is 0.0893. The SMILES string of the molecule is Cc1cc(C)cc(-c2ccc3c(c2)c2cc(-c4cc(C)cc(C)c4)ccc2n3-c2cc(-c3cccc(C(F)(F)F)c3)ccc2-c2nc(-c3ccccc3)nc(-c3ccccc3)n2)c1. The Balaban J connectivity index is 1.29. The zero-order valence-electron chi connectivity index (χ0n) is 35.2. The van der Waals surface area contributed by atoms with Crippen molar-refractivity contribution in [1.82, 2.24) is 19.5 Å². The van der Waals surface area contributed by atoms with Crippen molar-refractivity contribution in [3.05, 3.63) is 204 Å². The second-order valence-corrected chi connectivity index (χ2v) is 16.4. The van der Waals surface area contributed by atoms with Gasteiger partial charge in [-0.05, 0) is 110 Å². The van der Waals surface area contributed by atoms with Crippen LogP contribution in [-0.4, -0.2) is 19.5 Å². The second kappa shape index (κ2) is 15.7. The number of hydrogen-bond donors (Lipinski definition) is 0. The third kappa shape index (κ3) is 7.67. The highest BCUT2D eigenvalue weighted by molar-refractivity contribution is 6.12. The molecule has 10 rings (SSSR count). The molecule has 0 radical (unpaired) electrons. The van der Waals surface area contributed by atoms with Crippen molar-refractivity contribution >= 4 is 21.8 Å². The van der Waals surface area contributed by atoms with E-state index in [1.54, 1.807) is 6.07 Å². The normalized spacial score (nSPS) is 11.7. The number of rotatable bonds is 7. The number of aromatic nitrogens is 4. The molecule has 0 spiro atoms. The number of aryl methyl sites for hydroxylation is 4. The molecule has 0 unspecified atom stereocenters.